The summed E-state index contributed by atoms with van der Waals surface area (Å²) in [6.45, 7) is 10.3. The van der Waals surface area contributed by atoms with Crippen molar-refractivity contribution in [1.82, 2.24) is 10.3 Å². The Kier molecular flexibility index (Phi) is 7.93. The molecular weight excluding hydrogens is 388 g/mol. The highest BCUT2D eigenvalue weighted by molar-refractivity contribution is 5.28. The Morgan fingerprint density at radius 3 is 1.60 bits per heavy atom. The Hall–Kier alpha value is -2.06. The monoisotopic (exact) mass is 424 g/mol. The van der Waals surface area contributed by atoms with Gasteiger partial charge in [-0.05, 0) is 49.4 Å². The van der Waals surface area contributed by atoms with Crippen LogP contribution in [0, 0.1) is 10.8 Å². The molecule has 0 aliphatic carbocycles. The second kappa shape index (κ2) is 9.83. The molecule has 0 radical (unpaired) electrons. The molecule has 0 amide bonds. The van der Waals surface area contributed by atoms with E-state index in [-0.39, 0.29) is 5.41 Å². The lowest BCUT2D eigenvalue weighted by Gasteiger charge is -2.33. The summed E-state index contributed by atoms with van der Waals surface area (Å²) in [5.41, 5.74) is -0.445. The molecule has 0 saturated heterocycles. The average Bonchev–Trinajstić information content (AvgIpc) is 3.25. The molecule has 0 aliphatic rings. The van der Waals surface area contributed by atoms with Gasteiger partial charge in [0, 0.05) is 5.92 Å². The van der Waals surface area contributed by atoms with Crippen molar-refractivity contribution in [3.8, 4) is 0 Å². The van der Waals surface area contributed by atoms with Crippen molar-refractivity contribution in [1.29, 1.82) is 0 Å². The van der Waals surface area contributed by atoms with Gasteiger partial charge < -0.3 is 19.3 Å². The molecule has 8 heteroatoms. The molecule has 30 heavy (non-hydrogen) atoms. The minimum atomic E-state index is -0.570. The number of hydrogen-bond acceptors (Lipinski definition) is 6. The maximum atomic E-state index is 12.2. The summed E-state index contributed by atoms with van der Waals surface area (Å²) in [5.74, 6) is -0.549. The van der Waals surface area contributed by atoms with Crippen molar-refractivity contribution in [3.63, 3.8) is 0 Å². The smallest absolute Gasteiger partial charge is 0.283 e. The van der Waals surface area contributed by atoms with E-state index in [2.05, 4.69) is 31.1 Å². The molecule has 0 aromatic carbocycles. The highest BCUT2D eigenvalue weighted by Gasteiger charge is 2.37. The molecule has 2 aromatic rings. The average molecular weight is 425 g/mol. The predicted octanol–water partition coefficient (Wildman–Crippen LogP) is 3.52. The Morgan fingerprint density at radius 1 is 0.800 bits per heavy atom. The zero-order valence-electron chi connectivity index (χ0n) is 18.7. The Balaban J connectivity index is 1.99. The molecule has 2 rings (SSSR count). The minimum absolute atomic E-state index is 0.175. The molecule has 0 spiro atoms. The van der Waals surface area contributed by atoms with Gasteiger partial charge in [-0.3, -0.25) is 9.59 Å². The maximum absolute atomic E-state index is 12.2. The lowest BCUT2D eigenvalue weighted by atomic mass is 9.69. The number of aromatic nitrogens is 2. The second-order valence-corrected chi connectivity index (χ2v) is 10.2. The lowest BCUT2D eigenvalue weighted by Crippen LogP contribution is -2.31. The summed E-state index contributed by atoms with van der Waals surface area (Å²) in [6.07, 6.45) is 5.40. The highest BCUT2D eigenvalue weighted by Crippen LogP contribution is 2.42. The normalized spacial score (nSPS) is 14.9. The first-order valence-electron chi connectivity index (χ1n) is 10.6. The molecule has 170 valence electrons. The molecule has 0 bridgehead atoms. The maximum Gasteiger partial charge on any atom is 0.283 e. The molecule has 0 aliphatic heterocycles. The molecule has 8 nitrogen and oxygen atoms in total. The third-order valence-electron chi connectivity index (χ3n) is 5.79. The standard InChI is InChI=1S/C22H36N2O6/c1-21(2,3)10-8-14(25)6-7-15(26)9-11-22(4,5)18(16-12-29-23-19(16)27)17-13-30-24-20(17)28/h12-15,18,25-26H,6-11H2,1-5H3,(H,23,27)(H,24,28). The van der Waals surface area contributed by atoms with Crippen LogP contribution in [0.15, 0.2) is 31.2 Å². The van der Waals surface area contributed by atoms with E-state index in [1.807, 2.05) is 13.8 Å². The van der Waals surface area contributed by atoms with Crippen LogP contribution in [-0.4, -0.2) is 32.7 Å². The van der Waals surface area contributed by atoms with E-state index in [1.54, 1.807) is 0 Å². The summed E-state index contributed by atoms with van der Waals surface area (Å²) in [6, 6.07) is 0. The van der Waals surface area contributed by atoms with Crippen LogP contribution in [0.2, 0.25) is 0 Å². The van der Waals surface area contributed by atoms with Gasteiger partial charge >= 0.3 is 0 Å². The zero-order valence-corrected chi connectivity index (χ0v) is 18.7. The SMILES string of the molecule is CC(C)(C)CCC(O)CCC(O)CCC(C)(C)C(c1co[nH]c1=O)c1co[nH]c1=O. The number of rotatable bonds is 11. The summed E-state index contributed by atoms with van der Waals surface area (Å²) in [4.78, 5) is 24.4. The lowest BCUT2D eigenvalue weighted by molar-refractivity contribution is 0.0877. The quantitative estimate of drug-likeness (QED) is 0.436. The molecule has 0 fully saturated rings. The van der Waals surface area contributed by atoms with Crippen molar-refractivity contribution in [2.24, 2.45) is 10.8 Å². The first kappa shape index (κ1) is 24.2. The predicted molar refractivity (Wildman–Crippen MR) is 113 cm³/mol. The fraction of sp³-hybridized carbons (Fsp3) is 0.727. The summed E-state index contributed by atoms with van der Waals surface area (Å²) < 4.78 is 9.88. The van der Waals surface area contributed by atoms with Crippen LogP contribution in [0.3, 0.4) is 0 Å². The van der Waals surface area contributed by atoms with Gasteiger partial charge in [-0.25, -0.2) is 0 Å². The summed E-state index contributed by atoms with van der Waals surface area (Å²) in [5, 5.41) is 25.2. The van der Waals surface area contributed by atoms with E-state index < -0.39 is 34.7 Å². The molecular formula is C22H36N2O6. The van der Waals surface area contributed by atoms with E-state index in [0.29, 0.717) is 36.8 Å². The third-order valence-corrected chi connectivity index (χ3v) is 5.79. The molecule has 2 atom stereocenters. The van der Waals surface area contributed by atoms with Gasteiger partial charge in [0.2, 0.25) is 0 Å². The number of hydrogen-bond donors (Lipinski definition) is 4. The Labute approximate surface area is 176 Å². The highest BCUT2D eigenvalue weighted by atomic mass is 16.5. The molecule has 2 unspecified atom stereocenters. The number of aromatic amines is 2. The topological polar surface area (TPSA) is 132 Å². The van der Waals surface area contributed by atoms with E-state index in [1.165, 1.54) is 12.5 Å². The van der Waals surface area contributed by atoms with Crippen molar-refractivity contribution in [2.75, 3.05) is 0 Å². The zero-order chi connectivity index (χ0) is 22.5. The van der Waals surface area contributed by atoms with E-state index in [4.69, 9.17) is 9.05 Å². The van der Waals surface area contributed by atoms with Crippen LogP contribution < -0.4 is 11.1 Å². The molecule has 2 aromatic heterocycles. The summed E-state index contributed by atoms with van der Waals surface area (Å²) >= 11 is 0. The van der Waals surface area contributed by atoms with E-state index in [0.717, 1.165) is 12.8 Å². The number of H-pyrrole nitrogens is 2. The van der Waals surface area contributed by atoms with Gasteiger partial charge in [0.25, 0.3) is 11.1 Å². The molecule has 4 N–H and O–H groups in total. The largest absolute Gasteiger partial charge is 0.393 e. The van der Waals surface area contributed by atoms with Crippen molar-refractivity contribution < 1.29 is 19.3 Å². The summed E-state index contributed by atoms with van der Waals surface area (Å²) in [7, 11) is 0. The van der Waals surface area contributed by atoms with Gasteiger partial charge in [0.15, 0.2) is 0 Å². The van der Waals surface area contributed by atoms with Crippen LogP contribution in [0.5, 0.6) is 0 Å². The first-order valence-corrected chi connectivity index (χ1v) is 10.6. The molecule has 2 heterocycles. The first-order chi connectivity index (χ1) is 13.9. The fourth-order valence-electron chi connectivity index (χ4n) is 3.88. The van der Waals surface area contributed by atoms with Gasteiger partial charge in [0.05, 0.1) is 23.3 Å². The fourth-order valence-corrected chi connectivity index (χ4v) is 3.88. The van der Waals surface area contributed by atoms with E-state index in [9.17, 15) is 19.8 Å². The van der Waals surface area contributed by atoms with Crippen LogP contribution in [0.4, 0.5) is 0 Å². The molecule has 0 saturated carbocycles. The van der Waals surface area contributed by atoms with Gasteiger partial charge in [-0.1, -0.05) is 34.6 Å². The number of aliphatic hydroxyl groups excluding tert-OH is 2. The number of nitrogens with one attached hydrogen (secondary N) is 2. The van der Waals surface area contributed by atoms with Crippen molar-refractivity contribution in [3.05, 3.63) is 44.4 Å². The van der Waals surface area contributed by atoms with E-state index >= 15 is 0 Å². The van der Waals surface area contributed by atoms with Gasteiger partial charge in [-0.2, -0.15) is 10.3 Å². The van der Waals surface area contributed by atoms with Crippen LogP contribution in [0.1, 0.15) is 90.2 Å². The van der Waals surface area contributed by atoms with Crippen molar-refractivity contribution in [2.45, 2.75) is 91.3 Å². The van der Waals surface area contributed by atoms with Gasteiger partial charge in [-0.15, -0.1) is 0 Å². The Morgan fingerprint density at radius 2 is 1.23 bits per heavy atom. The minimum Gasteiger partial charge on any atom is -0.393 e. The van der Waals surface area contributed by atoms with Crippen molar-refractivity contribution >= 4 is 0 Å². The third kappa shape index (κ3) is 6.74. The van der Waals surface area contributed by atoms with Crippen LogP contribution >= 0.6 is 0 Å². The van der Waals surface area contributed by atoms with Crippen LogP contribution in [-0.2, 0) is 0 Å². The second-order valence-electron chi connectivity index (χ2n) is 10.2. The van der Waals surface area contributed by atoms with Gasteiger partial charge in [0.1, 0.15) is 12.5 Å². The number of aliphatic hydroxyl groups is 2. The van der Waals surface area contributed by atoms with Crippen LogP contribution in [0.25, 0.3) is 0 Å². The Bertz CT molecular complexity index is 834.